The van der Waals surface area contributed by atoms with Gasteiger partial charge in [-0.1, -0.05) is 5.16 Å². The van der Waals surface area contributed by atoms with Crippen molar-refractivity contribution < 1.29 is 14.3 Å². The van der Waals surface area contributed by atoms with Gasteiger partial charge in [0.25, 0.3) is 0 Å². The molecule has 1 aliphatic carbocycles. The van der Waals surface area contributed by atoms with Crippen molar-refractivity contribution in [2.75, 3.05) is 14.2 Å². The Morgan fingerprint density at radius 2 is 1.94 bits per heavy atom. The van der Waals surface area contributed by atoms with Crippen LogP contribution in [0.1, 0.15) is 31.2 Å². The molecule has 0 heterocycles. The van der Waals surface area contributed by atoms with Gasteiger partial charge in [0.1, 0.15) is 7.11 Å². The maximum absolute atomic E-state index is 5.99. The van der Waals surface area contributed by atoms with Crippen molar-refractivity contribution in [2.45, 2.75) is 31.8 Å². The van der Waals surface area contributed by atoms with E-state index in [4.69, 9.17) is 9.47 Å². The third-order valence-corrected chi connectivity index (χ3v) is 3.09. The Balaban J connectivity index is 2.15. The van der Waals surface area contributed by atoms with E-state index in [0.29, 0.717) is 6.10 Å². The molecular formula is C14H19NO3. The summed E-state index contributed by atoms with van der Waals surface area (Å²) in [6, 6.07) is 5.74. The van der Waals surface area contributed by atoms with Crippen LogP contribution in [0.25, 0.3) is 0 Å². The molecule has 0 N–H and O–H groups in total. The van der Waals surface area contributed by atoms with E-state index in [9.17, 15) is 0 Å². The summed E-state index contributed by atoms with van der Waals surface area (Å²) in [4.78, 5) is 4.67. The molecule has 1 aliphatic rings. The summed E-state index contributed by atoms with van der Waals surface area (Å²) >= 11 is 0. The van der Waals surface area contributed by atoms with Crippen molar-refractivity contribution in [1.82, 2.24) is 0 Å². The Morgan fingerprint density at radius 3 is 2.61 bits per heavy atom. The number of nitrogens with zero attached hydrogens (tertiary/aromatic N) is 1. The number of hydrogen-bond acceptors (Lipinski definition) is 4. The summed E-state index contributed by atoms with van der Waals surface area (Å²) in [5, 5.41) is 3.75. The highest BCUT2D eigenvalue weighted by molar-refractivity contribution is 5.80. The van der Waals surface area contributed by atoms with E-state index in [0.717, 1.165) is 29.9 Å². The summed E-state index contributed by atoms with van der Waals surface area (Å²) in [5.41, 5.74) is 0.936. The highest BCUT2D eigenvalue weighted by Crippen LogP contribution is 2.32. The van der Waals surface area contributed by atoms with Crippen LogP contribution in [-0.2, 0) is 4.84 Å². The van der Waals surface area contributed by atoms with Crippen molar-refractivity contribution >= 4 is 6.21 Å². The van der Waals surface area contributed by atoms with Crippen LogP contribution in [-0.4, -0.2) is 26.5 Å². The average molecular weight is 249 g/mol. The summed E-state index contributed by atoms with van der Waals surface area (Å²) in [7, 11) is 3.18. The molecule has 0 aromatic heterocycles. The van der Waals surface area contributed by atoms with E-state index >= 15 is 0 Å². The van der Waals surface area contributed by atoms with Crippen molar-refractivity contribution in [2.24, 2.45) is 5.16 Å². The average Bonchev–Trinajstić information content (AvgIpc) is 2.89. The minimum atomic E-state index is 0.313. The summed E-state index contributed by atoms with van der Waals surface area (Å²) in [6.45, 7) is 0. The fourth-order valence-corrected chi connectivity index (χ4v) is 2.17. The van der Waals surface area contributed by atoms with Crippen LogP contribution in [0.2, 0.25) is 0 Å². The van der Waals surface area contributed by atoms with Gasteiger partial charge in [0.05, 0.1) is 19.4 Å². The summed E-state index contributed by atoms with van der Waals surface area (Å²) < 4.78 is 11.3. The fourth-order valence-electron chi connectivity index (χ4n) is 2.17. The lowest BCUT2D eigenvalue weighted by Crippen LogP contribution is -2.11. The molecule has 0 unspecified atom stereocenters. The minimum absolute atomic E-state index is 0.313. The van der Waals surface area contributed by atoms with Crippen LogP contribution in [0.15, 0.2) is 23.4 Å². The van der Waals surface area contributed by atoms with Gasteiger partial charge < -0.3 is 14.3 Å². The zero-order chi connectivity index (χ0) is 12.8. The SMILES string of the molecule is CO/N=C/c1ccc(OC)c(OC2CCCC2)c1. The molecule has 98 valence electrons. The quantitative estimate of drug-likeness (QED) is 0.595. The van der Waals surface area contributed by atoms with Crippen LogP contribution in [0.4, 0.5) is 0 Å². The lowest BCUT2D eigenvalue weighted by molar-refractivity contribution is 0.200. The zero-order valence-electron chi connectivity index (χ0n) is 10.9. The molecule has 0 spiro atoms. The van der Waals surface area contributed by atoms with Crippen molar-refractivity contribution in [3.05, 3.63) is 23.8 Å². The van der Waals surface area contributed by atoms with Crippen molar-refractivity contribution in [3.8, 4) is 11.5 Å². The normalized spacial score (nSPS) is 16.1. The molecule has 0 amide bonds. The Hall–Kier alpha value is -1.71. The van der Waals surface area contributed by atoms with Gasteiger partial charge in [-0.3, -0.25) is 0 Å². The van der Waals surface area contributed by atoms with E-state index < -0.39 is 0 Å². The first-order valence-electron chi connectivity index (χ1n) is 6.24. The van der Waals surface area contributed by atoms with Crippen molar-refractivity contribution in [1.29, 1.82) is 0 Å². The first-order valence-corrected chi connectivity index (χ1v) is 6.24. The molecule has 0 aliphatic heterocycles. The minimum Gasteiger partial charge on any atom is -0.493 e. The van der Waals surface area contributed by atoms with Crippen LogP contribution in [0.3, 0.4) is 0 Å². The summed E-state index contributed by atoms with van der Waals surface area (Å²) in [6.07, 6.45) is 6.71. The van der Waals surface area contributed by atoms with Gasteiger partial charge in [0.2, 0.25) is 0 Å². The molecule has 0 saturated heterocycles. The Bertz CT molecular complexity index is 412. The molecular weight excluding hydrogens is 230 g/mol. The number of ether oxygens (including phenoxy) is 2. The number of rotatable bonds is 5. The highest BCUT2D eigenvalue weighted by atomic mass is 16.6. The van der Waals surface area contributed by atoms with Gasteiger partial charge in [-0.15, -0.1) is 0 Å². The third kappa shape index (κ3) is 3.15. The molecule has 0 bridgehead atoms. The van der Waals surface area contributed by atoms with Gasteiger partial charge in [-0.25, -0.2) is 0 Å². The van der Waals surface area contributed by atoms with Gasteiger partial charge >= 0.3 is 0 Å². The maximum atomic E-state index is 5.99. The second kappa shape index (κ2) is 6.28. The van der Waals surface area contributed by atoms with E-state index in [1.807, 2.05) is 18.2 Å². The molecule has 0 radical (unpaired) electrons. The zero-order valence-corrected chi connectivity index (χ0v) is 10.9. The van der Waals surface area contributed by atoms with Crippen LogP contribution < -0.4 is 9.47 Å². The predicted molar refractivity (Wildman–Crippen MR) is 70.5 cm³/mol. The lowest BCUT2D eigenvalue weighted by atomic mass is 10.2. The van der Waals surface area contributed by atoms with Gasteiger partial charge in [-0.05, 0) is 43.9 Å². The number of oxime groups is 1. The monoisotopic (exact) mass is 249 g/mol. The van der Waals surface area contributed by atoms with Gasteiger partial charge in [-0.2, -0.15) is 0 Å². The maximum Gasteiger partial charge on any atom is 0.162 e. The number of benzene rings is 1. The van der Waals surface area contributed by atoms with Gasteiger partial charge in [0.15, 0.2) is 11.5 Å². The topological polar surface area (TPSA) is 40.0 Å². The van der Waals surface area contributed by atoms with E-state index in [1.165, 1.54) is 20.0 Å². The molecule has 4 heteroatoms. The highest BCUT2D eigenvalue weighted by Gasteiger charge is 2.18. The molecule has 1 aromatic rings. The first-order chi connectivity index (χ1) is 8.83. The molecule has 2 rings (SSSR count). The van der Waals surface area contributed by atoms with Crippen LogP contribution in [0, 0.1) is 0 Å². The molecule has 1 fully saturated rings. The molecule has 0 atom stereocenters. The van der Waals surface area contributed by atoms with E-state index in [-0.39, 0.29) is 0 Å². The smallest absolute Gasteiger partial charge is 0.162 e. The third-order valence-electron chi connectivity index (χ3n) is 3.09. The Morgan fingerprint density at radius 1 is 1.17 bits per heavy atom. The standard InChI is InChI=1S/C14H19NO3/c1-16-13-8-7-11(10-15-17-2)9-14(13)18-12-5-3-4-6-12/h7-10,12H,3-6H2,1-2H3/b15-10+. The summed E-state index contributed by atoms with van der Waals surface area (Å²) in [5.74, 6) is 1.54. The van der Waals surface area contributed by atoms with E-state index in [1.54, 1.807) is 13.3 Å². The number of hydrogen-bond donors (Lipinski definition) is 0. The molecule has 1 saturated carbocycles. The Labute approximate surface area is 108 Å². The molecule has 1 aromatic carbocycles. The fraction of sp³-hybridized carbons (Fsp3) is 0.500. The molecule has 18 heavy (non-hydrogen) atoms. The Kier molecular flexibility index (Phi) is 4.45. The second-order valence-corrected chi connectivity index (χ2v) is 4.35. The molecule has 4 nitrogen and oxygen atoms in total. The van der Waals surface area contributed by atoms with Crippen LogP contribution >= 0.6 is 0 Å². The van der Waals surface area contributed by atoms with Gasteiger partial charge in [0, 0.05) is 5.56 Å². The number of methoxy groups -OCH3 is 1. The van der Waals surface area contributed by atoms with Crippen molar-refractivity contribution in [3.63, 3.8) is 0 Å². The largest absolute Gasteiger partial charge is 0.493 e. The van der Waals surface area contributed by atoms with E-state index in [2.05, 4.69) is 9.99 Å². The first kappa shape index (κ1) is 12.7. The van der Waals surface area contributed by atoms with Crippen LogP contribution in [0.5, 0.6) is 11.5 Å². The second-order valence-electron chi connectivity index (χ2n) is 4.35. The lowest BCUT2D eigenvalue weighted by Gasteiger charge is -2.16. The predicted octanol–water partition coefficient (Wildman–Crippen LogP) is 3.00.